The van der Waals surface area contributed by atoms with E-state index in [1.165, 1.54) is 4.68 Å². The van der Waals surface area contributed by atoms with Gasteiger partial charge in [-0.2, -0.15) is 5.10 Å². The minimum Gasteiger partial charge on any atom is -0.378 e. The third-order valence-electron chi connectivity index (χ3n) is 2.70. The molecule has 0 saturated carbocycles. The molecule has 17 heavy (non-hydrogen) atoms. The topological polar surface area (TPSA) is 47.4 Å². The lowest BCUT2D eigenvalue weighted by Crippen LogP contribution is -2.37. The molecule has 0 aliphatic carbocycles. The summed E-state index contributed by atoms with van der Waals surface area (Å²) in [6, 6.07) is 1.61. The summed E-state index contributed by atoms with van der Waals surface area (Å²) in [7, 11) is 0. The summed E-state index contributed by atoms with van der Waals surface area (Å²) in [5, 5.41) is 4.12. The molecule has 1 aliphatic rings. The zero-order valence-electron chi connectivity index (χ0n) is 9.63. The Labute approximate surface area is 100.0 Å². The number of rotatable bonds is 3. The molecule has 1 aromatic heterocycles. The monoisotopic (exact) mass is 233 g/mol. The predicted molar refractivity (Wildman–Crippen MR) is 65.0 cm³/mol. The van der Waals surface area contributed by atoms with E-state index in [9.17, 15) is 4.79 Å². The van der Waals surface area contributed by atoms with Crippen LogP contribution in [0.1, 0.15) is 6.42 Å². The Morgan fingerprint density at radius 1 is 1.47 bits per heavy atom. The van der Waals surface area contributed by atoms with Crippen molar-refractivity contribution in [3.63, 3.8) is 0 Å². The first-order valence-electron chi connectivity index (χ1n) is 5.64. The van der Waals surface area contributed by atoms with Gasteiger partial charge in [0.05, 0.1) is 31.6 Å². The number of nitrogens with zero attached hydrogens (tertiary/aromatic N) is 3. The molecule has 0 bridgehead atoms. The van der Waals surface area contributed by atoms with Crippen molar-refractivity contribution in [1.29, 1.82) is 0 Å². The van der Waals surface area contributed by atoms with Crippen LogP contribution < -0.4 is 10.5 Å². The summed E-state index contributed by atoms with van der Waals surface area (Å²) in [6.45, 7) is 3.46. The zero-order chi connectivity index (χ0) is 12.1. The highest BCUT2D eigenvalue weighted by atomic mass is 16.5. The summed E-state index contributed by atoms with van der Waals surface area (Å²) in [5.74, 6) is 2.49. The number of aryl methyl sites for hydroxylation is 1. The van der Waals surface area contributed by atoms with E-state index in [1.54, 1.807) is 12.3 Å². The second-order valence-electron chi connectivity index (χ2n) is 3.83. The molecule has 0 atom stereocenters. The van der Waals surface area contributed by atoms with Crippen molar-refractivity contribution in [2.24, 2.45) is 0 Å². The highest BCUT2D eigenvalue weighted by Gasteiger charge is 2.12. The Balaban J connectivity index is 2.13. The van der Waals surface area contributed by atoms with Gasteiger partial charge >= 0.3 is 0 Å². The lowest BCUT2D eigenvalue weighted by molar-refractivity contribution is 0.122. The Morgan fingerprint density at radius 2 is 2.24 bits per heavy atom. The van der Waals surface area contributed by atoms with Gasteiger partial charge in [-0.25, -0.2) is 4.68 Å². The molecule has 2 rings (SSSR count). The maximum absolute atomic E-state index is 11.8. The fraction of sp³-hybridized carbons (Fsp3) is 0.500. The van der Waals surface area contributed by atoms with Gasteiger partial charge in [0.1, 0.15) is 0 Å². The van der Waals surface area contributed by atoms with E-state index in [0.29, 0.717) is 26.2 Å². The maximum atomic E-state index is 11.8. The number of hydrogen-bond acceptors (Lipinski definition) is 4. The highest BCUT2D eigenvalue weighted by molar-refractivity contribution is 5.43. The van der Waals surface area contributed by atoms with E-state index < -0.39 is 0 Å². The SMILES string of the molecule is C#CCCn1ncc(N2CCOCC2)cc1=O. The molecule has 2 heterocycles. The lowest BCUT2D eigenvalue weighted by atomic mass is 10.3. The van der Waals surface area contributed by atoms with Crippen molar-refractivity contribution >= 4 is 5.69 Å². The minimum atomic E-state index is -0.107. The van der Waals surface area contributed by atoms with Crippen molar-refractivity contribution in [3.05, 3.63) is 22.6 Å². The molecule has 0 spiro atoms. The summed E-state index contributed by atoms with van der Waals surface area (Å²) >= 11 is 0. The van der Waals surface area contributed by atoms with Crippen molar-refractivity contribution < 1.29 is 4.74 Å². The molecular weight excluding hydrogens is 218 g/mol. The van der Waals surface area contributed by atoms with Gasteiger partial charge in [0.15, 0.2) is 0 Å². The molecule has 0 radical (unpaired) electrons. The van der Waals surface area contributed by atoms with Crippen LogP contribution in [0.3, 0.4) is 0 Å². The van der Waals surface area contributed by atoms with Crippen LogP contribution in [-0.2, 0) is 11.3 Å². The lowest BCUT2D eigenvalue weighted by Gasteiger charge is -2.28. The minimum absolute atomic E-state index is 0.107. The zero-order valence-corrected chi connectivity index (χ0v) is 9.63. The number of aromatic nitrogens is 2. The van der Waals surface area contributed by atoms with Gasteiger partial charge in [0.2, 0.25) is 0 Å². The quantitative estimate of drug-likeness (QED) is 0.695. The summed E-state index contributed by atoms with van der Waals surface area (Å²) < 4.78 is 6.65. The molecule has 1 aliphatic heterocycles. The molecule has 1 saturated heterocycles. The summed E-state index contributed by atoms with van der Waals surface area (Å²) in [4.78, 5) is 13.9. The van der Waals surface area contributed by atoms with Gasteiger partial charge in [-0.15, -0.1) is 12.3 Å². The molecule has 1 fully saturated rings. The van der Waals surface area contributed by atoms with Crippen molar-refractivity contribution in [3.8, 4) is 12.3 Å². The van der Waals surface area contributed by atoms with E-state index in [2.05, 4.69) is 15.9 Å². The fourth-order valence-corrected chi connectivity index (χ4v) is 1.76. The number of ether oxygens (including phenoxy) is 1. The third-order valence-corrected chi connectivity index (χ3v) is 2.70. The Bertz CT molecular complexity index is 469. The van der Waals surface area contributed by atoms with Crippen LogP contribution in [-0.4, -0.2) is 36.1 Å². The summed E-state index contributed by atoms with van der Waals surface area (Å²) in [6.07, 6.45) is 7.39. The molecule has 1 aromatic rings. The van der Waals surface area contributed by atoms with Crippen molar-refractivity contribution in [2.45, 2.75) is 13.0 Å². The predicted octanol–water partition coefficient (Wildman–Crippen LogP) is 0.103. The van der Waals surface area contributed by atoms with Crippen LogP contribution in [0.5, 0.6) is 0 Å². The van der Waals surface area contributed by atoms with Gasteiger partial charge in [-0.3, -0.25) is 4.79 Å². The summed E-state index contributed by atoms with van der Waals surface area (Å²) in [5.41, 5.74) is 0.750. The normalized spacial score (nSPS) is 15.6. The number of terminal acetylenes is 1. The van der Waals surface area contributed by atoms with E-state index in [1.807, 2.05) is 0 Å². The van der Waals surface area contributed by atoms with Crippen LogP contribution in [0, 0.1) is 12.3 Å². The van der Waals surface area contributed by atoms with Gasteiger partial charge in [-0.1, -0.05) is 0 Å². The third kappa shape index (κ3) is 2.86. The first-order valence-corrected chi connectivity index (χ1v) is 5.64. The first kappa shape index (κ1) is 11.7. The van der Waals surface area contributed by atoms with Gasteiger partial charge in [-0.05, 0) is 0 Å². The van der Waals surface area contributed by atoms with Gasteiger partial charge < -0.3 is 9.64 Å². The van der Waals surface area contributed by atoms with Crippen LogP contribution in [0.25, 0.3) is 0 Å². The average Bonchev–Trinajstić information content (AvgIpc) is 2.38. The smallest absolute Gasteiger partial charge is 0.268 e. The fourth-order valence-electron chi connectivity index (χ4n) is 1.76. The average molecular weight is 233 g/mol. The number of morpholine rings is 1. The van der Waals surface area contributed by atoms with Gasteiger partial charge in [0, 0.05) is 25.6 Å². The van der Waals surface area contributed by atoms with E-state index in [0.717, 1.165) is 18.8 Å². The molecule has 0 N–H and O–H groups in total. The van der Waals surface area contributed by atoms with Crippen LogP contribution in [0.2, 0.25) is 0 Å². The second kappa shape index (κ2) is 5.51. The van der Waals surface area contributed by atoms with E-state index in [4.69, 9.17) is 11.2 Å². The Hall–Kier alpha value is -1.80. The number of hydrogen-bond donors (Lipinski definition) is 0. The van der Waals surface area contributed by atoms with Crippen LogP contribution in [0.4, 0.5) is 5.69 Å². The Morgan fingerprint density at radius 3 is 2.88 bits per heavy atom. The molecule has 0 aromatic carbocycles. The molecular formula is C12H15N3O2. The van der Waals surface area contributed by atoms with Crippen molar-refractivity contribution in [2.75, 3.05) is 31.2 Å². The van der Waals surface area contributed by atoms with E-state index in [-0.39, 0.29) is 5.56 Å². The largest absolute Gasteiger partial charge is 0.378 e. The Kier molecular flexibility index (Phi) is 3.78. The van der Waals surface area contributed by atoms with E-state index >= 15 is 0 Å². The highest BCUT2D eigenvalue weighted by Crippen LogP contribution is 2.11. The molecule has 5 nitrogen and oxygen atoms in total. The number of anilines is 1. The van der Waals surface area contributed by atoms with Gasteiger partial charge in [0.25, 0.3) is 5.56 Å². The second-order valence-corrected chi connectivity index (χ2v) is 3.83. The van der Waals surface area contributed by atoms with Crippen LogP contribution >= 0.6 is 0 Å². The molecule has 90 valence electrons. The molecule has 5 heteroatoms. The standard InChI is InChI=1S/C12H15N3O2/c1-2-3-4-15-12(16)9-11(10-13-15)14-5-7-17-8-6-14/h1,9-10H,3-8H2. The molecule has 0 amide bonds. The molecule has 0 unspecified atom stereocenters. The first-order chi connectivity index (χ1) is 8.31. The van der Waals surface area contributed by atoms with Crippen LogP contribution in [0.15, 0.2) is 17.1 Å². The maximum Gasteiger partial charge on any atom is 0.268 e. The van der Waals surface area contributed by atoms with Crippen molar-refractivity contribution in [1.82, 2.24) is 9.78 Å².